The topological polar surface area (TPSA) is 53.3 Å². The van der Waals surface area contributed by atoms with Gasteiger partial charge in [0.05, 0.1) is 25.5 Å². The van der Waals surface area contributed by atoms with Crippen molar-refractivity contribution in [3.63, 3.8) is 0 Å². The van der Waals surface area contributed by atoms with E-state index in [1.165, 1.54) is 7.11 Å². The highest BCUT2D eigenvalue weighted by atomic mass is 16.5. The van der Waals surface area contributed by atoms with E-state index in [1.54, 1.807) is 0 Å². The fourth-order valence-corrected chi connectivity index (χ4v) is 1.18. The van der Waals surface area contributed by atoms with Gasteiger partial charge in [-0.05, 0) is 14.0 Å². The van der Waals surface area contributed by atoms with Crippen molar-refractivity contribution in [1.29, 1.82) is 5.26 Å². The molecule has 0 spiro atoms. The minimum atomic E-state index is -0.207. The number of methoxy groups -OCH3 is 1. The van der Waals surface area contributed by atoms with Crippen LogP contribution in [0.5, 0.6) is 0 Å². The smallest absolute Gasteiger partial charge is 0.309 e. The molecule has 0 aliphatic heterocycles. The Morgan fingerprint density at radius 2 is 2.14 bits per heavy atom. The minimum absolute atomic E-state index is 0.147. The van der Waals surface area contributed by atoms with Crippen LogP contribution in [0.4, 0.5) is 0 Å². The second kappa shape index (κ2) is 6.39. The lowest BCUT2D eigenvalue weighted by molar-refractivity contribution is -0.145. The number of carbonyl (C=O) groups excluding carboxylic acids is 1. The van der Waals surface area contributed by atoms with Crippen LogP contribution in [0.1, 0.15) is 20.3 Å². The summed E-state index contributed by atoms with van der Waals surface area (Å²) in [7, 11) is 3.29. The molecule has 80 valence electrons. The third-order valence-corrected chi connectivity index (χ3v) is 2.30. The van der Waals surface area contributed by atoms with Crippen molar-refractivity contribution in [2.24, 2.45) is 5.92 Å². The van der Waals surface area contributed by atoms with E-state index in [1.807, 2.05) is 25.8 Å². The van der Waals surface area contributed by atoms with Gasteiger partial charge in [-0.3, -0.25) is 4.79 Å². The first kappa shape index (κ1) is 12.9. The predicted octanol–water partition coefficient (Wildman–Crippen LogP) is 1.03. The van der Waals surface area contributed by atoms with Gasteiger partial charge in [0.15, 0.2) is 0 Å². The number of ether oxygens (including phenoxy) is 1. The van der Waals surface area contributed by atoms with Crippen molar-refractivity contribution >= 4 is 5.97 Å². The Bertz CT molecular complexity index is 223. The Balaban J connectivity index is 3.99. The summed E-state index contributed by atoms with van der Waals surface area (Å²) in [5.41, 5.74) is 0. The maximum atomic E-state index is 11.1. The first-order valence-electron chi connectivity index (χ1n) is 4.68. The van der Waals surface area contributed by atoms with E-state index in [2.05, 4.69) is 10.8 Å². The summed E-state index contributed by atoms with van der Waals surface area (Å²) in [5.74, 6) is -0.354. The van der Waals surface area contributed by atoms with E-state index in [-0.39, 0.29) is 17.9 Å². The normalized spacial score (nSPS) is 14.6. The molecule has 14 heavy (non-hydrogen) atoms. The van der Waals surface area contributed by atoms with Crippen LogP contribution >= 0.6 is 0 Å². The molecule has 0 saturated carbocycles. The second-order valence-corrected chi connectivity index (χ2v) is 3.58. The highest BCUT2D eigenvalue weighted by Crippen LogP contribution is 2.06. The first-order valence-corrected chi connectivity index (χ1v) is 4.68. The van der Waals surface area contributed by atoms with Gasteiger partial charge in [0.2, 0.25) is 0 Å². The molecule has 0 bridgehead atoms. The van der Waals surface area contributed by atoms with E-state index < -0.39 is 0 Å². The van der Waals surface area contributed by atoms with E-state index in [4.69, 9.17) is 5.26 Å². The highest BCUT2D eigenvalue weighted by molar-refractivity contribution is 5.72. The predicted molar refractivity (Wildman–Crippen MR) is 53.5 cm³/mol. The summed E-state index contributed by atoms with van der Waals surface area (Å²) in [6.45, 7) is 4.41. The molecule has 0 aromatic heterocycles. The summed E-state index contributed by atoms with van der Waals surface area (Å²) >= 11 is 0. The van der Waals surface area contributed by atoms with Gasteiger partial charge in [-0.15, -0.1) is 0 Å². The molecule has 0 rings (SSSR count). The average molecular weight is 198 g/mol. The Morgan fingerprint density at radius 3 is 2.57 bits per heavy atom. The van der Waals surface area contributed by atoms with Crippen LogP contribution < -0.4 is 0 Å². The summed E-state index contributed by atoms with van der Waals surface area (Å²) in [4.78, 5) is 13.1. The zero-order chi connectivity index (χ0) is 11.1. The van der Waals surface area contributed by atoms with Crippen LogP contribution in [0.2, 0.25) is 0 Å². The molecule has 0 N–H and O–H groups in total. The van der Waals surface area contributed by atoms with Gasteiger partial charge < -0.3 is 9.64 Å². The van der Waals surface area contributed by atoms with Gasteiger partial charge >= 0.3 is 5.97 Å². The fourth-order valence-electron chi connectivity index (χ4n) is 1.18. The molecule has 0 aromatic carbocycles. The summed E-state index contributed by atoms with van der Waals surface area (Å²) in [5, 5.41) is 8.51. The van der Waals surface area contributed by atoms with Gasteiger partial charge in [0.25, 0.3) is 0 Å². The molecule has 0 aliphatic rings. The monoisotopic (exact) mass is 198 g/mol. The van der Waals surface area contributed by atoms with Crippen molar-refractivity contribution in [2.45, 2.75) is 26.3 Å². The molecule has 0 saturated heterocycles. The second-order valence-electron chi connectivity index (χ2n) is 3.58. The van der Waals surface area contributed by atoms with Crippen molar-refractivity contribution < 1.29 is 9.53 Å². The summed E-state index contributed by atoms with van der Waals surface area (Å²) in [6, 6.07) is 2.28. The van der Waals surface area contributed by atoms with Crippen LogP contribution in [0, 0.1) is 17.2 Å². The molecule has 0 aliphatic carbocycles. The van der Waals surface area contributed by atoms with E-state index in [0.717, 1.165) is 0 Å². The largest absolute Gasteiger partial charge is 0.469 e. The molecule has 2 atom stereocenters. The zero-order valence-corrected chi connectivity index (χ0v) is 9.28. The lowest BCUT2D eigenvalue weighted by atomic mass is 10.1. The molecule has 0 amide bonds. The quantitative estimate of drug-likeness (QED) is 0.619. The van der Waals surface area contributed by atoms with E-state index in [9.17, 15) is 4.79 Å². The molecule has 0 heterocycles. The van der Waals surface area contributed by atoms with Gasteiger partial charge in [-0.2, -0.15) is 5.26 Å². The number of nitriles is 1. The molecule has 0 radical (unpaired) electrons. The fraction of sp³-hybridized carbons (Fsp3) is 0.800. The third kappa shape index (κ3) is 4.24. The standard InChI is InChI=1S/C10H18N2O2/c1-8(10(13)14-4)7-12(3)9(2)5-6-11/h8-9H,5,7H2,1-4H3. The molecule has 4 nitrogen and oxygen atoms in total. The summed E-state index contributed by atoms with van der Waals surface area (Å²) < 4.78 is 4.62. The van der Waals surface area contributed by atoms with Crippen molar-refractivity contribution in [1.82, 2.24) is 4.90 Å². The third-order valence-electron chi connectivity index (χ3n) is 2.30. The van der Waals surface area contributed by atoms with Crippen LogP contribution in [0.3, 0.4) is 0 Å². The van der Waals surface area contributed by atoms with E-state index in [0.29, 0.717) is 13.0 Å². The van der Waals surface area contributed by atoms with Crippen molar-refractivity contribution in [3.8, 4) is 6.07 Å². The Morgan fingerprint density at radius 1 is 1.57 bits per heavy atom. The number of hydrogen-bond donors (Lipinski definition) is 0. The number of hydrogen-bond acceptors (Lipinski definition) is 4. The lowest BCUT2D eigenvalue weighted by Crippen LogP contribution is -2.35. The van der Waals surface area contributed by atoms with Gasteiger partial charge in [0.1, 0.15) is 0 Å². The maximum absolute atomic E-state index is 11.1. The Kier molecular flexibility index (Phi) is 5.89. The Labute approximate surface area is 85.5 Å². The van der Waals surface area contributed by atoms with E-state index >= 15 is 0 Å². The molecule has 0 fully saturated rings. The van der Waals surface area contributed by atoms with Gasteiger partial charge in [-0.25, -0.2) is 0 Å². The van der Waals surface area contributed by atoms with Crippen molar-refractivity contribution in [3.05, 3.63) is 0 Å². The number of rotatable bonds is 5. The van der Waals surface area contributed by atoms with Gasteiger partial charge in [-0.1, -0.05) is 6.92 Å². The lowest BCUT2D eigenvalue weighted by Gasteiger charge is -2.24. The number of nitrogens with zero attached hydrogens (tertiary/aromatic N) is 2. The summed E-state index contributed by atoms with van der Waals surface area (Å²) in [6.07, 6.45) is 0.477. The highest BCUT2D eigenvalue weighted by Gasteiger charge is 2.18. The molecule has 2 unspecified atom stereocenters. The maximum Gasteiger partial charge on any atom is 0.309 e. The number of carbonyl (C=O) groups is 1. The minimum Gasteiger partial charge on any atom is -0.469 e. The molecular formula is C10H18N2O2. The molecule has 0 aromatic rings. The van der Waals surface area contributed by atoms with Crippen LogP contribution in [-0.4, -0.2) is 37.6 Å². The number of esters is 1. The van der Waals surface area contributed by atoms with Crippen LogP contribution in [0.25, 0.3) is 0 Å². The SMILES string of the molecule is COC(=O)C(C)CN(C)C(C)CC#N. The molecule has 4 heteroatoms. The molecular weight excluding hydrogens is 180 g/mol. The Hall–Kier alpha value is -1.08. The van der Waals surface area contributed by atoms with Crippen molar-refractivity contribution in [2.75, 3.05) is 20.7 Å². The average Bonchev–Trinajstić information content (AvgIpc) is 2.16. The van der Waals surface area contributed by atoms with Crippen LogP contribution in [-0.2, 0) is 9.53 Å². The van der Waals surface area contributed by atoms with Crippen LogP contribution in [0.15, 0.2) is 0 Å². The van der Waals surface area contributed by atoms with Gasteiger partial charge in [0, 0.05) is 12.6 Å². The zero-order valence-electron chi connectivity index (χ0n) is 9.28. The first-order chi connectivity index (χ1) is 6.52.